The Morgan fingerprint density at radius 2 is 1.26 bits per heavy atom. The summed E-state index contributed by atoms with van der Waals surface area (Å²) in [6.07, 6.45) is 0.274. The van der Waals surface area contributed by atoms with Crippen LogP contribution in [0, 0.1) is 0 Å². The number of benzene rings is 4. The van der Waals surface area contributed by atoms with E-state index in [4.69, 9.17) is 15.2 Å². The average Bonchev–Trinajstić information content (AvgIpc) is 2.96. The van der Waals surface area contributed by atoms with Crippen LogP contribution in [0.15, 0.2) is 109 Å². The van der Waals surface area contributed by atoms with E-state index in [9.17, 15) is 4.79 Å². The summed E-state index contributed by atoms with van der Waals surface area (Å²) in [6, 6.07) is 36.4. The molecule has 6 nitrogen and oxygen atoms in total. The van der Waals surface area contributed by atoms with Crippen LogP contribution in [0.3, 0.4) is 0 Å². The molecule has 2 N–H and O–H groups in total. The van der Waals surface area contributed by atoms with Crippen molar-refractivity contribution in [3.63, 3.8) is 0 Å². The molecular formula is C32H34ClN3O3. The highest BCUT2D eigenvalue weighted by Gasteiger charge is 2.29. The molecule has 1 atom stereocenters. The van der Waals surface area contributed by atoms with Gasteiger partial charge in [-0.3, -0.25) is 4.79 Å². The van der Waals surface area contributed by atoms with Gasteiger partial charge in [0.1, 0.15) is 24.7 Å². The third-order valence-electron chi connectivity index (χ3n) is 6.75. The fourth-order valence-electron chi connectivity index (χ4n) is 4.84. The molecule has 7 heteroatoms. The van der Waals surface area contributed by atoms with Crippen LogP contribution in [-0.2, 0) is 18.0 Å². The van der Waals surface area contributed by atoms with Gasteiger partial charge < -0.3 is 25.0 Å². The summed E-state index contributed by atoms with van der Waals surface area (Å²) in [5.74, 6) is 1.32. The molecule has 1 heterocycles. The van der Waals surface area contributed by atoms with Crippen molar-refractivity contribution in [2.75, 3.05) is 29.4 Å². The predicted molar refractivity (Wildman–Crippen MR) is 159 cm³/mol. The first-order chi connectivity index (χ1) is 18.6. The van der Waals surface area contributed by atoms with Crippen molar-refractivity contribution in [3.8, 4) is 11.5 Å². The molecule has 202 valence electrons. The number of rotatable bonds is 10. The van der Waals surface area contributed by atoms with Gasteiger partial charge >= 0.3 is 0 Å². The fraction of sp³-hybridized carbons (Fsp3) is 0.219. The zero-order valence-electron chi connectivity index (χ0n) is 21.8. The van der Waals surface area contributed by atoms with Gasteiger partial charge in [-0.15, -0.1) is 12.4 Å². The number of amides is 1. The molecule has 0 aliphatic carbocycles. The summed E-state index contributed by atoms with van der Waals surface area (Å²) >= 11 is 0. The van der Waals surface area contributed by atoms with Crippen LogP contribution in [0.5, 0.6) is 11.5 Å². The number of carbonyl (C=O) groups is 1. The molecule has 4 aromatic carbocycles. The molecule has 1 unspecified atom stereocenters. The van der Waals surface area contributed by atoms with Gasteiger partial charge in [-0.2, -0.15) is 0 Å². The Bertz CT molecular complexity index is 1340. The van der Waals surface area contributed by atoms with E-state index in [1.807, 2.05) is 78.9 Å². The van der Waals surface area contributed by atoms with Gasteiger partial charge in [0.2, 0.25) is 5.91 Å². The van der Waals surface area contributed by atoms with Crippen molar-refractivity contribution in [2.24, 2.45) is 5.73 Å². The van der Waals surface area contributed by atoms with E-state index < -0.39 is 0 Å². The van der Waals surface area contributed by atoms with Gasteiger partial charge in [-0.05, 0) is 35.4 Å². The minimum absolute atomic E-state index is 0. The van der Waals surface area contributed by atoms with Crippen LogP contribution in [0.25, 0.3) is 0 Å². The molecule has 1 aliphatic rings. The van der Waals surface area contributed by atoms with E-state index in [1.165, 1.54) is 0 Å². The van der Waals surface area contributed by atoms with Crippen LogP contribution in [0.1, 0.15) is 17.5 Å². The SMILES string of the molecule is Cl.NC(=O)CC1CN(c2cccc(OCc3ccccc3)c2)CCN1c1cccc(OCc2ccccc2)c1. The number of carbonyl (C=O) groups excluding carboxylic acids is 1. The van der Waals surface area contributed by atoms with E-state index in [-0.39, 0.29) is 30.8 Å². The Morgan fingerprint density at radius 1 is 0.718 bits per heavy atom. The van der Waals surface area contributed by atoms with Crippen molar-refractivity contribution in [2.45, 2.75) is 25.7 Å². The summed E-state index contributed by atoms with van der Waals surface area (Å²) in [7, 11) is 0. The summed E-state index contributed by atoms with van der Waals surface area (Å²) in [4.78, 5) is 16.6. The highest BCUT2D eigenvalue weighted by Crippen LogP contribution is 2.30. The van der Waals surface area contributed by atoms with Crippen LogP contribution in [0.4, 0.5) is 11.4 Å². The minimum Gasteiger partial charge on any atom is -0.489 e. The smallest absolute Gasteiger partial charge is 0.219 e. The topological polar surface area (TPSA) is 68.0 Å². The fourth-order valence-corrected chi connectivity index (χ4v) is 4.84. The molecule has 0 bridgehead atoms. The van der Waals surface area contributed by atoms with Crippen LogP contribution < -0.4 is 25.0 Å². The maximum absolute atomic E-state index is 12.0. The van der Waals surface area contributed by atoms with E-state index in [0.717, 1.165) is 47.1 Å². The number of anilines is 2. The molecule has 0 aromatic heterocycles. The number of primary amides is 1. The molecule has 0 saturated carbocycles. The lowest BCUT2D eigenvalue weighted by molar-refractivity contribution is -0.118. The minimum atomic E-state index is -0.307. The molecule has 1 saturated heterocycles. The second kappa shape index (κ2) is 13.6. The standard InChI is InChI=1S/C32H33N3O3.ClH/c33-32(36)21-29-22-34(27-13-7-15-30(19-27)37-23-25-9-3-1-4-10-25)17-18-35(29)28-14-8-16-31(20-28)38-24-26-11-5-2-6-12-26;/h1-16,19-20,29H,17-18,21-24H2,(H2,33,36);1H. The van der Waals surface area contributed by atoms with Crippen molar-refractivity contribution in [1.29, 1.82) is 0 Å². The molecule has 39 heavy (non-hydrogen) atoms. The zero-order chi connectivity index (χ0) is 26.2. The Labute approximate surface area is 236 Å². The first-order valence-corrected chi connectivity index (χ1v) is 13.0. The summed E-state index contributed by atoms with van der Waals surface area (Å²) < 4.78 is 12.1. The maximum atomic E-state index is 12.0. The molecule has 5 rings (SSSR count). The molecule has 1 aliphatic heterocycles. The molecule has 1 amide bonds. The second-order valence-electron chi connectivity index (χ2n) is 9.51. The van der Waals surface area contributed by atoms with E-state index in [2.05, 4.69) is 40.1 Å². The van der Waals surface area contributed by atoms with Crippen LogP contribution in [-0.4, -0.2) is 31.6 Å². The van der Waals surface area contributed by atoms with Crippen molar-refractivity contribution in [3.05, 3.63) is 120 Å². The third-order valence-corrected chi connectivity index (χ3v) is 6.75. The van der Waals surface area contributed by atoms with Gasteiger partial charge in [0.25, 0.3) is 0 Å². The summed E-state index contributed by atoms with van der Waals surface area (Å²) in [6.45, 7) is 3.28. The Balaban J connectivity index is 0.00000353. The first kappa shape index (κ1) is 27.9. The second-order valence-corrected chi connectivity index (χ2v) is 9.51. The summed E-state index contributed by atoms with van der Waals surface area (Å²) in [5, 5.41) is 0. The lowest BCUT2D eigenvalue weighted by atomic mass is 10.1. The lowest BCUT2D eigenvalue weighted by Gasteiger charge is -2.43. The average molecular weight is 544 g/mol. The van der Waals surface area contributed by atoms with Gasteiger partial charge in [0.05, 0.1) is 6.04 Å². The van der Waals surface area contributed by atoms with E-state index in [1.54, 1.807) is 0 Å². The van der Waals surface area contributed by atoms with Crippen molar-refractivity contribution >= 4 is 29.7 Å². The lowest BCUT2D eigenvalue weighted by Crippen LogP contribution is -2.54. The zero-order valence-corrected chi connectivity index (χ0v) is 22.6. The normalized spacial score (nSPS) is 14.8. The number of ether oxygens (including phenoxy) is 2. The number of hydrogen-bond acceptors (Lipinski definition) is 5. The highest BCUT2D eigenvalue weighted by molar-refractivity contribution is 5.85. The first-order valence-electron chi connectivity index (χ1n) is 13.0. The summed E-state index contributed by atoms with van der Waals surface area (Å²) in [5.41, 5.74) is 10.0. The van der Waals surface area contributed by atoms with Gasteiger partial charge in [-0.1, -0.05) is 72.8 Å². The quantitative estimate of drug-likeness (QED) is 0.272. The Kier molecular flexibility index (Phi) is 9.70. The van der Waals surface area contributed by atoms with E-state index >= 15 is 0 Å². The highest BCUT2D eigenvalue weighted by atomic mass is 35.5. The number of hydrogen-bond donors (Lipinski definition) is 1. The number of nitrogens with zero attached hydrogens (tertiary/aromatic N) is 2. The molecular weight excluding hydrogens is 510 g/mol. The maximum Gasteiger partial charge on any atom is 0.219 e. The van der Waals surface area contributed by atoms with E-state index in [0.29, 0.717) is 19.8 Å². The Morgan fingerprint density at radius 3 is 1.82 bits per heavy atom. The number of nitrogens with two attached hydrogens (primary N) is 1. The number of halogens is 1. The monoisotopic (exact) mass is 543 g/mol. The number of piperazine rings is 1. The van der Waals surface area contributed by atoms with Gasteiger partial charge in [0, 0.05) is 49.6 Å². The molecule has 1 fully saturated rings. The molecule has 4 aromatic rings. The van der Waals surface area contributed by atoms with Gasteiger partial charge in [-0.25, -0.2) is 0 Å². The predicted octanol–water partition coefficient (Wildman–Crippen LogP) is 5.84. The van der Waals surface area contributed by atoms with Gasteiger partial charge in [0.15, 0.2) is 0 Å². The molecule has 0 radical (unpaired) electrons. The van der Waals surface area contributed by atoms with Crippen molar-refractivity contribution < 1.29 is 14.3 Å². The molecule has 0 spiro atoms. The third kappa shape index (κ3) is 7.68. The van der Waals surface area contributed by atoms with Crippen molar-refractivity contribution in [1.82, 2.24) is 0 Å². The van der Waals surface area contributed by atoms with Crippen LogP contribution in [0.2, 0.25) is 0 Å². The Hall–Kier alpha value is -4.16. The largest absolute Gasteiger partial charge is 0.489 e. The van der Waals surface area contributed by atoms with Crippen LogP contribution >= 0.6 is 12.4 Å².